The van der Waals surface area contributed by atoms with E-state index in [0.717, 1.165) is 30.2 Å². The molecule has 4 nitrogen and oxygen atoms in total. The zero-order valence-corrected chi connectivity index (χ0v) is 14.7. The van der Waals surface area contributed by atoms with Crippen molar-refractivity contribution in [1.82, 2.24) is 4.98 Å². The quantitative estimate of drug-likeness (QED) is 0.649. The molecule has 0 aliphatic carbocycles. The lowest BCUT2D eigenvalue weighted by Crippen LogP contribution is -2.37. The van der Waals surface area contributed by atoms with Crippen LogP contribution in [0.4, 0.5) is 5.13 Å². The van der Waals surface area contributed by atoms with Crippen LogP contribution in [-0.2, 0) is 16.0 Å². The lowest BCUT2D eigenvalue weighted by atomic mass is 10.1. The topological polar surface area (TPSA) is 42.4 Å². The van der Waals surface area contributed by atoms with Gasteiger partial charge in [0.1, 0.15) is 0 Å². The van der Waals surface area contributed by atoms with Crippen LogP contribution in [0.2, 0.25) is 0 Å². The molecular formula is C16H28N2O2S. The Morgan fingerprint density at radius 3 is 2.52 bits per heavy atom. The van der Waals surface area contributed by atoms with Gasteiger partial charge in [0.05, 0.1) is 18.7 Å². The van der Waals surface area contributed by atoms with Crippen molar-refractivity contribution < 1.29 is 9.53 Å². The standard InChI is InChI=1S/C16H28N2O2S/c1-6-14(7-2)18(10-12(4)5)16-17-13(11-21-16)9-15(19)20-8-3/h11-12,14H,6-10H2,1-5H3. The molecule has 1 heterocycles. The van der Waals surface area contributed by atoms with Crippen LogP contribution < -0.4 is 4.90 Å². The van der Waals surface area contributed by atoms with Gasteiger partial charge in [0, 0.05) is 18.0 Å². The van der Waals surface area contributed by atoms with E-state index >= 15 is 0 Å². The van der Waals surface area contributed by atoms with Gasteiger partial charge in [0.2, 0.25) is 0 Å². The summed E-state index contributed by atoms with van der Waals surface area (Å²) in [5.74, 6) is 0.385. The molecule has 21 heavy (non-hydrogen) atoms. The molecule has 120 valence electrons. The molecule has 0 bridgehead atoms. The van der Waals surface area contributed by atoms with Gasteiger partial charge in [0.25, 0.3) is 0 Å². The summed E-state index contributed by atoms with van der Waals surface area (Å²) in [4.78, 5) is 18.6. The van der Waals surface area contributed by atoms with E-state index in [4.69, 9.17) is 4.74 Å². The van der Waals surface area contributed by atoms with Crippen molar-refractivity contribution in [3.8, 4) is 0 Å². The van der Waals surface area contributed by atoms with Gasteiger partial charge in [-0.25, -0.2) is 4.98 Å². The van der Waals surface area contributed by atoms with Crippen LogP contribution in [0.5, 0.6) is 0 Å². The highest BCUT2D eigenvalue weighted by Gasteiger charge is 2.20. The third kappa shape index (κ3) is 5.65. The average Bonchev–Trinajstić information content (AvgIpc) is 2.87. The van der Waals surface area contributed by atoms with Crippen LogP contribution in [0.1, 0.15) is 53.2 Å². The second-order valence-corrected chi connectivity index (χ2v) is 6.46. The first-order valence-electron chi connectivity index (χ1n) is 7.88. The molecule has 0 fully saturated rings. The molecule has 0 aromatic carbocycles. The van der Waals surface area contributed by atoms with Gasteiger partial charge in [-0.15, -0.1) is 11.3 Å². The van der Waals surface area contributed by atoms with Crippen molar-refractivity contribution in [3.63, 3.8) is 0 Å². The Kier molecular flexibility index (Phi) is 7.72. The molecule has 0 spiro atoms. The number of ether oxygens (including phenoxy) is 1. The minimum atomic E-state index is -0.202. The Labute approximate surface area is 132 Å². The number of hydrogen-bond donors (Lipinski definition) is 0. The number of aromatic nitrogens is 1. The Morgan fingerprint density at radius 2 is 2.00 bits per heavy atom. The molecule has 0 saturated heterocycles. The van der Waals surface area contributed by atoms with Crippen LogP contribution in [0.3, 0.4) is 0 Å². The summed E-state index contributed by atoms with van der Waals surface area (Å²) >= 11 is 1.63. The largest absolute Gasteiger partial charge is 0.466 e. The van der Waals surface area contributed by atoms with Gasteiger partial charge in [-0.2, -0.15) is 0 Å². The number of hydrogen-bond acceptors (Lipinski definition) is 5. The van der Waals surface area contributed by atoms with E-state index in [1.165, 1.54) is 0 Å². The normalized spacial score (nSPS) is 11.2. The maximum absolute atomic E-state index is 11.5. The lowest BCUT2D eigenvalue weighted by Gasteiger charge is -2.31. The molecule has 0 aliphatic heterocycles. The molecule has 0 radical (unpaired) electrons. The fourth-order valence-corrected chi connectivity index (χ4v) is 3.28. The minimum absolute atomic E-state index is 0.202. The zero-order valence-electron chi connectivity index (χ0n) is 13.9. The van der Waals surface area contributed by atoms with Crippen LogP contribution in [-0.4, -0.2) is 30.1 Å². The van der Waals surface area contributed by atoms with E-state index in [0.29, 0.717) is 18.6 Å². The Bertz CT molecular complexity index is 428. The van der Waals surface area contributed by atoms with Crippen molar-refractivity contribution >= 4 is 22.4 Å². The lowest BCUT2D eigenvalue weighted by molar-refractivity contribution is -0.142. The van der Waals surface area contributed by atoms with Gasteiger partial charge in [-0.05, 0) is 25.7 Å². The van der Waals surface area contributed by atoms with Gasteiger partial charge in [-0.1, -0.05) is 27.7 Å². The highest BCUT2D eigenvalue weighted by atomic mass is 32.1. The van der Waals surface area contributed by atoms with Crippen molar-refractivity contribution in [2.24, 2.45) is 5.92 Å². The van der Waals surface area contributed by atoms with Gasteiger partial charge in [-0.3, -0.25) is 4.79 Å². The third-order valence-corrected chi connectivity index (χ3v) is 4.29. The number of esters is 1. The molecule has 0 N–H and O–H groups in total. The van der Waals surface area contributed by atoms with E-state index in [2.05, 4.69) is 37.6 Å². The van der Waals surface area contributed by atoms with E-state index in [1.807, 2.05) is 12.3 Å². The molecule has 1 aromatic rings. The Hall–Kier alpha value is -1.10. The molecule has 0 aliphatic rings. The fourth-order valence-electron chi connectivity index (χ4n) is 2.38. The maximum Gasteiger partial charge on any atom is 0.311 e. The van der Waals surface area contributed by atoms with E-state index < -0.39 is 0 Å². The third-order valence-electron chi connectivity index (χ3n) is 3.36. The molecule has 1 rings (SSSR count). The number of carbonyl (C=O) groups is 1. The molecule has 0 saturated carbocycles. The molecule has 0 atom stereocenters. The number of anilines is 1. The van der Waals surface area contributed by atoms with Crippen molar-refractivity contribution in [3.05, 3.63) is 11.1 Å². The summed E-state index contributed by atoms with van der Waals surface area (Å²) in [5.41, 5.74) is 0.813. The highest BCUT2D eigenvalue weighted by Crippen LogP contribution is 2.26. The van der Waals surface area contributed by atoms with Crippen LogP contribution in [0.15, 0.2) is 5.38 Å². The fraction of sp³-hybridized carbons (Fsp3) is 0.750. The first-order chi connectivity index (χ1) is 10.0. The summed E-state index contributed by atoms with van der Waals surface area (Å²) < 4.78 is 4.98. The summed E-state index contributed by atoms with van der Waals surface area (Å²) in [7, 11) is 0. The van der Waals surface area contributed by atoms with Gasteiger partial charge >= 0.3 is 5.97 Å². The summed E-state index contributed by atoms with van der Waals surface area (Å²) in [5, 5.41) is 3.00. The minimum Gasteiger partial charge on any atom is -0.466 e. The SMILES string of the molecule is CCOC(=O)Cc1csc(N(CC(C)C)C(CC)CC)n1. The number of nitrogens with zero attached hydrogens (tertiary/aromatic N) is 2. The summed E-state index contributed by atoms with van der Waals surface area (Å²) in [6.45, 7) is 12.1. The average molecular weight is 312 g/mol. The van der Waals surface area contributed by atoms with Crippen LogP contribution >= 0.6 is 11.3 Å². The first-order valence-corrected chi connectivity index (χ1v) is 8.76. The molecular weight excluding hydrogens is 284 g/mol. The van der Waals surface area contributed by atoms with E-state index in [1.54, 1.807) is 11.3 Å². The summed E-state index contributed by atoms with van der Waals surface area (Å²) in [6.07, 6.45) is 2.48. The number of thiazole rings is 1. The molecule has 1 aromatic heterocycles. The predicted molar refractivity (Wildman–Crippen MR) is 89.0 cm³/mol. The molecule has 0 amide bonds. The number of carbonyl (C=O) groups excluding carboxylic acids is 1. The second-order valence-electron chi connectivity index (χ2n) is 5.62. The smallest absolute Gasteiger partial charge is 0.311 e. The number of rotatable bonds is 9. The van der Waals surface area contributed by atoms with Crippen LogP contribution in [0.25, 0.3) is 0 Å². The monoisotopic (exact) mass is 312 g/mol. The second kappa shape index (κ2) is 9.03. The Balaban J connectivity index is 2.83. The Morgan fingerprint density at radius 1 is 1.33 bits per heavy atom. The first kappa shape index (κ1) is 18.0. The van der Waals surface area contributed by atoms with Gasteiger partial charge < -0.3 is 9.64 Å². The predicted octanol–water partition coefficient (Wildman–Crippen LogP) is 3.90. The maximum atomic E-state index is 11.5. The van der Waals surface area contributed by atoms with Crippen LogP contribution in [0, 0.1) is 5.92 Å². The van der Waals surface area contributed by atoms with E-state index in [9.17, 15) is 4.79 Å². The summed E-state index contributed by atoms with van der Waals surface area (Å²) in [6, 6.07) is 0.508. The van der Waals surface area contributed by atoms with Crippen molar-refractivity contribution in [2.45, 2.75) is 59.9 Å². The van der Waals surface area contributed by atoms with Gasteiger partial charge in [0.15, 0.2) is 5.13 Å². The molecule has 5 heteroatoms. The zero-order chi connectivity index (χ0) is 15.8. The highest BCUT2D eigenvalue weighted by molar-refractivity contribution is 7.13. The van der Waals surface area contributed by atoms with Crippen molar-refractivity contribution in [1.29, 1.82) is 0 Å². The van der Waals surface area contributed by atoms with Crippen molar-refractivity contribution in [2.75, 3.05) is 18.1 Å². The molecule has 0 unspecified atom stereocenters. The van der Waals surface area contributed by atoms with E-state index in [-0.39, 0.29) is 12.4 Å².